The van der Waals surface area contributed by atoms with E-state index >= 15 is 0 Å². The van der Waals surface area contributed by atoms with Gasteiger partial charge in [-0.05, 0) is 30.3 Å². The summed E-state index contributed by atoms with van der Waals surface area (Å²) >= 11 is 0. The number of carbonyl (C=O) groups excluding carboxylic acids is 1. The predicted molar refractivity (Wildman–Crippen MR) is 69.0 cm³/mol. The first-order chi connectivity index (χ1) is 9.47. The quantitative estimate of drug-likeness (QED) is 0.845. The molecule has 0 atom stereocenters. The third-order valence-corrected chi connectivity index (χ3v) is 2.55. The van der Waals surface area contributed by atoms with Crippen LogP contribution in [0.25, 0.3) is 0 Å². The number of benzene rings is 2. The molecule has 2 N–H and O–H groups in total. The summed E-state index contributed by atoms with van der Waals surface area (Å²) in [5.41, 5.74) is 4.67. The summed E-state index contributed by atoms with van der Waals surface area (Å²) in [5, 5.41) is 0. The highest BCUT2D eigenvalue weighted by Crippen LogP contribution is 2.29. The summed E-state index contributed by atoms with van der Waals surface area (Å²) in [6.45, 7) is 0. The van der Waals surface area contributed by atoms with Crippen LogP contribution >= 0.6 is 0 Å². The number of hydrazine groups is 1. The van der Waals surface area contributed by atoms with Crippen molar-refractivity contribution in [3.63, 3.8) is 0 Å². The molecule has 0 aliphatic heterocycles. The molecule has 104 valence electrons. The number of rotatable bonds is 3. The first kappa shape index (κ1) is 13.9. The second kappa shape index (κ2) is 5.64. The van der Waals surface area contributed by atoms with Crippen molar-refractivity contribution in [2.45, 2.75) is 6.18 Å². The highest BCUT2D eigenvalue weighted by atomic mass is 19.4. The Kier molecular flexibility index (Phi) is 3.93. The highest BCUT2D eigenvalue weighted by molar-refractivity contribution is 5.95. The van der Waals surface area contributed by atoms with Crippen LogP contribution in [-0.2, 0) is 6.18 Å². The lowest BCUT2D eigenvalue weighted by Gasteiger charge is -2.10. The number of carbonyl (C=O) groups is 1. The van der Waals surface area contributed by atoms with Gasteiger partial charge in [0.1, 0.15) is 0 Å². The lowest BCUT2D eigenvalue weighted by molar-refractivity contribution is -0.137. The molecular weight excluding hydrogens is 269 g/mol. The fourth-order valence-corrected chi connectivity index (χ4v) is 1.56. The van der Waals surface area contributed by atoms with Crippen LogP contribution < -0.4 is 10.9 Å². The molecule has 0 unspecified atom stereocenters. The van der Waals surface area contributed by atoms with Crippen molar-refractivity contribution in [2.24, 2.45) is 0 Å². The third kappa shape index (κ3) is 3.50. The van der Waals surface area contributed by atoms with E-state index in [1.54, 1.807) is 30.3 Å². The molecule has 2 aromatic carbocycles. The normalized spacial score (nSPS) is 10.9. The van der Waals surface area contributed by atoms with Crippen molar-refractivity contribution in [1.82, 2.24) is 5.43 Å². The van der Waals surface area contributed by atoms with Crippen LogP contribution in [0.4, 0.5) is 18.9 Å². The topological polar surface area (TPSA) is 41.1 Å². The maximum Gasteiger partial charge on any atom is 0.416 e. The number of para-hydroxylation sites is 1. The number of halogens is 3. The minimum atomic E-state index is -4.47. The Labute approximate surface area is 113 Å². The Bertz CT molecular complexity index is 597. The van der Waals surface area contributed by atoms with Gasteiger partial charge in [0, 0.05) is 5.56 Å². The molecule has 0 radical (unpaired) electrons. The molecule has 2 aromatic rings. The SMILES string of the molecule is O=C(NNc1ccccc1)c1cccc(C(F)(F)F)c1. The first-order valence-electron chi connectivity index (χ1n) is 5.75. The molecular formula is C14H11F3N2O. The molecule has 0 fully saturated rings. The molecule has 3 nitrogen and oxygen atoms in total. The molecule has 1 amide bonds. The van der Waals surface area contributed by atoms with Gasteiger partial charge in [0.15, 0.2) is 0 Å². The molecule has 0 saturated heterocycles. The Morgan fingerprint density at radius 1 is 0.950 bits per heavy atom. The lowest BCUT2D eigenvalue weighted by Crippen LogP contribution is -2.29. The van der Waals surface area contributed by atoms with Crippen molar-refractivity contribution in [2.75, 3.05) is 5.43 Å². The van der Waals surface area contributed by atoms with Gasteiger partial charge in [-0.3, -0.25) is 15.6 Å². The van der Waals surface area contributed by atoms with Crippen molar-refractivity contribution >= 4 is 11.6 Å². The Hall–Kier alpha value is -2.50. The van der Waals surface area contributed by atoms with Gasteiger partial charge in [-0.1, -0.05) is 24.3 Å². The summed E-state index contributed by atoms with van der Waals surface area (Å²) in [4.78, 5) is 11.8. The Morgan fingerprint density at radius 2 is 1.65 bits per heavy atom. The maximum atomic E-state index is 12.5. The number of anilines is 1. The van der Waals surface area contributed by atoms with Crippen LogP contribution in [0.2, 0.25) is 0 Å². The number of alkyl halides is 3. The standard InChI is InChI=1S/C14H11F3N2O/c15-14(16,17)11-6-4-5-10(9-11)13(20)19-18-12-7-2-1-3-8-12/h1-9,18H,(H,19,20). The van der Waals surface area contributed by atoms with Crippen molar-refractivity contribution in [3.8, 4) is 0 Å². The van der Waals surface area contributed by atoms with Gasteiger partial charge in [-0.15, -0.1) is 0 Å². The fourth-order valence-electron chi connectivity index (χ4n) is 1.56. The molecule has 6 heteroatoms. The van der Waals surface area contributed by atoms with Gasteiger partial charge >= 0.3 is 6.18 Å². The monoisotopic (exact) mass is 280 g/mol. The summed E-state index contributed by atoms with van der Waals surface area (Å²) in [7, 11) is 0. The van der Waals surface area contributed by atoms with Crippen LogP contribution in [0, 0.1) is 0 Å². The molecule has 0 bridgehead atoms. The minimum absolute atomic E-state index is 0.0664. The molecule has 0 aliphatic rings. The Balaban J connectivity index is 2.06. The van der Waals surface area contributed by atoms with Gasteiger partial charge in [-0.25, -0.2) is 0 Å². The summed E-state index contributed by atoms with van der Waals surface area (Å²) in [5.74, 6) is -0.639. The second-order valence-electron chi connectivity index (χ2n) is 4.02. The van der Waals surface area contributed by atoms with Gasteiger partial charge < -0.3 is 0 Å². The Morgan fingerprint density at radius 3 is 2.30 bits per heavy atom. The molecule has 2 rings (SSSR count). The number of hydrogen-bond donors (Lipinski definition) is 2. The van der Waals surface area contributed by atoms with Crippen LogP contribution in [0.1, 0.15) is 15.9 Å². The molecule has 0 aromatic heterocycles. The second-order valence-corrected chi connectivity index (χ2v) is 4.02. The van der Waals surface area contributed by atoms with Crippen molar-refractivity contribution in [1.29, 1.82) is 0 Å². The summed E-state index contributed by atoms with van der Waals surface area (Å²) < 4.78 is 37.6. The molecule has 0 spiro atoms. The zero-order chi connectivity index (χ0) is 14.6. The fraction of sp³-hybridized carbons (Fsp3) is 0.0714. The van der Waals surface area contributed by atoms with E-state index in [4.69, 9.17) is 0 Å². The van der Waals surface area contributed by atoms with E-state index in [-0.39, 0.29) is 5.56 Å². The maximum absolute atomic E-state index is 12.5. The summed E-state index contributed by atoms with van der Waals surface area (Å²) in [6, 6.07) is 13.0. The van der Waals surface area contributed by atoms with E-state index < -0.39 is 17.6 Å². The predicted octanol–water partition coefficient (Wildman–Crippen LogP) is 3.46. The van der Waals surface area contributed by atoms with E-state index in [2.05, 4.69) is 10.9 Å². The highest BCUT2D eigenvalue weighted by Gasteiger charge is 2.30. The van der Waals surface area contributed by atoms with Crippen LogP contribution in [0.5, 0.6) is 0 Å². The van der Waals surface area contributed by atoms with Crippen LogP contribution in [0.3, 0.4) is 0 Å². The average molecular weight is 280 g/mol. The average Bonchev–Trinajstić information content (AvgIpc) is 2.45. The van der Waals surface area contributed by atoms with E-state index in [9.17, 15) is 18.0 Å². The van der Waals surface area contributed by atoms with Gasteiger partial charge in [0.2, 0.25) is 0 Å². The van der Waals surface area contributed by atoms with Gasteiger partial charge in [-0.2, -0.15) is 13.2 Å². The molecule has 20 heavy (non-hydrogen) atoms. The number of nitrogens with one attached hydrogen (secondary N) is 2. The van der Waals surface area contributed by atoms with Crippen molar-refractivity contribution in [3.05, 3.63) is 65.7 Å². The van der Waals surface area contributed by atoms with E-state index in [1.807, 2.05) is 0 Å². The van der Waals surface area contributed by atoms with E-state index in [0.29, 0.717) is 5.69 Å². The lowest BCUT2D eigenvalue weighted by atomic mass is 10.1. The third-order valence-electron chi connectivity index (χ3n) is 2.55. The summed E-state index contributed by atoms with van der Waals surface area (Å²) in [6.07, 6.45) is -4.47. The first-order valence-corrected chi connectivity index (χ1v) is 5.75. The molecule has 0 aliphatic carbocycles. The molecule has 0 saturated carbocycles. The minimum Gasteiger partial charge on any atom is -0.298 e. The zero-order valence-corrected chi connectivity index (χ0v) is 10.2. The van der Waals surface area contributed by atoms with Crippen LogP contribution in [0.15, 0.2) is 54.6 Å². The van der Waals surface area contributed by atoms with E-state index in [0.717, 1.165) is 12.1 Å². The van der Waals surface area contributed by atoms with Crippen LogP contribution in [-0.4, -0.2) is 5.91 Å². The largest absolute Gasteiger partial charge is 0.416 e. The number of amides is 1. The zero-order valence-electron chi connectivity index (χ0n) is 10.2. The van der Waals surface area contributed by atoms with Gasteiger partial charge in [0.05, 0.1) is 11.3 Å². The smallest absolute Gasteiger partial charge is 0.298 e. The number of hydrogen-bond acceptors (Lipinski definition) is 2. The van der Waals surface area contributed by atoms with Gasteiger partial charge in [0.25, 0.3) is 5.91 Å². The molecule has 0 heterocycles. The van der Waals surface area contributed by atoms with Crippen molar-refractivity contribution < 1.29 is 18.0 Å². The van der Waals surface area contributed by atoms with E-state index in [1.165, 1.54) is 12.1 Å².